The number of hydrogen-bond donors (Lipinski definition) is 0. The summed E-state index contributed by atoms with van der Waals surface area (Å²) in [5.41, 5.74) is 1.29. The van der Waals surface area contributed by atoms with Crippen molar-refractivity contribution in [2.45, 2.75) is 12.6 Å². The van der Waals surface area contributed by atoms with Gasteiger partial charge in [0.25, 0.3) is 0 Å². The van der Waals surface area contributed by atoms with Crippen LogP contribution in [0, 0.1) is 0 Å². The molecule has 2 rings (SSSR count). The molecule has 1 heterocycles. The summed E-state index contributed by atoms with van der Waals surface area (Å²) in [5.74, 6) is 0. The maximum Gasteiger partial charge on any atom is 0.143 e. The van der Waals surface area contributed by atoms with Crippen LogP contribution < -0.4 is 0 Å². The summed E-state index contributed by atoms with van der Waals surface area (Å²) in [4.78, 5) is 8.37. The Labute approximate surface area is 71.7 Å². The molecule has 0 aromatic heterocycles. The standard InChI is InChI=1S/C10H10N2/c1-2-4-9(5-3-1)8-10-11-6-7-12-10/h1-7,10H,8H2. The minimum atomic E-state index is 0.118. The molecule has 2 nitrogen and oxygen atoms in total. The van der Waals surface area contributed by atoms with Crippen LogP contribution in [0.4, 0.5) is 0 Å². The van der Waals surface area contributed by atoms with Crippen molar-refractivity contribution in [3.63, 3.8) is 0 Å². The van der Waals surface area contributed by atoms with Crippen LogP contribution in [0.2, 0.25) is 0 Å². The highest BCUT2D eigenvalue weighted by Gasteiger charge is 2.05. The molecule has 2 heteroatoms. The maximum absolute atomic E-state index is 4.18. The van der Waals surface area contributed by atoms with Gasteiger partial charge in [0.2, 0.25) is 0 Å². The van der Waals surface area contributed by atoms with Crippen molar-refractivity contribution in [2.24, 2.45) is 9.98 Å². The van der Waals surface area contributed by atoms with E-state index in [4.69, 9.17) is 0 Å². The van der Waals surface area contributed by atoms with Crippen molar-refractivity contribution >= 4 is 12.4 Å². The third-order valence-electron chi connectivity index (χ3n) is 1.84. The summed E-state index contributed by atoms with van der Waals surface area (Å²) in [6.45, 7) is 0. The number of benzene rings is 1. The van der Waals surface area contributed by atoms with E-state index in [0.717, 1.165) is 6.42 Å². The molecular weight excluding hydrogens is 148 g/mol. The minimum absolute atomic E-state index is 0.118. The topological polar surface area (TPSA) is 24.7 Å². The van der Waals surface area contributed by atoms with Gasteiger partial charge in [0.1, 0.15) is 6.17 Å². The summed E-state index contributed by atoms with van der Waals surface area (Å²) in [7, 11) is 0. The maximum atomic E-state index is 4.18. The van der Waals surface area contributed by atoms with E-state index in [-0.39, 0.29) is 6.17 Å². The van der Waals surface area contributed by atoms with Gasteiger partial charge in [-0.2, -0.15) is 0 Å². The fourth-order valence-corrected chi connectivity index (χ4v) is 1.24. The molecule has 0 saturated heterocycles. The summed E-state index contributed by atoms with van der Waals surface area (Å²) < 4.78 is 0. The first kappa shape index (κ1) is 7.22. The van der Waals surface area contributed by atoms with Gasteiger partial charge < -0.3 is 0 Å². The highest BCUT2D eigenvalue weighted by Crippen LogP contribution is 2.07. The van der Waals surface area contributed by atoms with Crippen molar-refractivity contribution in [3.8, 4) is 0 Å². The highest BCUT2D eigenvalue weighted by atomic mass is 15.0. The lowest BCUT2D eigenvalue weighted by atomic mass is 10.1. The average molecular weight is 158 g/mol. The van der Waals surface area contributed by atoms with Crippen LogP contribution >= 0.6 is 0 Å². The zero-order chi connectivity index (χ0) is 8.23. The largest absolute Gasteiger partial charge is 0.265 e. The van der Waals surface area contributed by atoms with Gasteiger partial charge in [0.05, 0.1) is 0 Å². The molecule has 0 saturated carbocycles. The normalized spacial score (nSPS) is 15.7. The Kier molecular flexibility index (Phi) is 1.99. The summed E-state index contributed by atoms with van der Waals surface area (Å²) in [6, 6.07) is 10.3. The van der Waals surface area contributed by atoms with Crippen molar-refractivity contribution in [2.75, 3.05) is 0 Å². The molecule has 0 fully saturated rings. The number of aliphatic imine (C=N–C) groups is 2. The third kappa shape index (κ3) is 1.59. The average Bonchev–Trinajstić information content (AvgIpc) is 2.59. The van der Waals surface area contributed by atoms with Gasteiger partial charge in [-0.05, 0) is 5.56 Å². The smallest absolute Gasteiger partial charge is 0.143 e. The molecule has 0 spiro atoms. The van der Waals surface area contributed by atoms with Gasteiger partial charge in [0.15, 0.2) is 0 Å². The molecule has 0 bridgehead atoms. The van der Waals surface area contributed by atoms with Gasteiger partial charge in [-0.15, -0.1) is 0 Å². The highest BCUT2D eigenvalue weighted by molar-refractivity contribution is 6.17. The van der Waals surface area contributed by atoms with E-state index in [1.54, 1.807) is 12.4 Å². The molecular formula is C10H10N2. The summed E-state index contributed by atoms with van der Waals surface area (Å²) in [6.07, 6.45) is 4.54. The van der Waals surface area contributed by atoms with Gasteiger partial charge in [-0.25, -0.2) is 0 Å². The fraction of sp³-hybridized carbons (Fsp3) is 0.200. The zero-order valence-corrected chi connectivity index (χ0v) is 6.72. The SMILES string of the molecule is C1=NC(Cc2ccccc2)N=C1. The van der Waals surface area contributed by atoms with Crippen molar-refractivity contribution < 1.29 is 0 Å². The molecule has 0 unspecified atom stereocenters. The lowest BCUT2D eigenvalue weighted by Crippen LogP contribution is -2.01. The number of nitrogens with zero attached hydrogens (tertiary/aromatic N) is 2. The van der Waals surface area contributed by atoms with Crippen molar-refractivity contribution in [1.82, 2.24) is 0 Å². The Morgan fingerprint density at radius 2 is 1.67 bits per heavy atom. The van der Waals surface area contributed by atoms with E-state index in [0.29, 0.717) is 0 Å². The van der Waals surface area contributed by atoms with Crippen molar-refractivity contribution in [1.29, 1.82) is 0 Å². The van der Waals surface area contributed by atoms with E-state index in [9.17, 15) is 0 Å². The van der Waals surface area contributed by atoms with Gasteiger partial charge in [-0.1, -0.05) is 30.3 Å². The Hall–Kier alpha value is -1.44. The van der Waals surface area contributed by atoms with Crippen LogP contribution in [-0.2, 0) is 6.42 Å². The van der Waals surface area contributed by atoms with E-state index in [1.165, 1.54) is 5.56 Å². The lowest BCUT2D eigenvalue weighted by Gasteiger charge is -2.02. The van der Waals surface area contributed by atoms with E-state index >= 15 is 0 Å². The fourth-order valence-electron chi connectivity index (χ4n) is 1.24. The van der Waals surface area contributed by atoms with Crippen LogP contribution in [0.1, 0.15) is 5.56 Å². The molecule has 60 valence electrons. The molecule has 1 aromatic rings. The second-order valence-electron chi connectivity index (χ2n) is 2.77. The summed E-state index contributed by atoms with van der Waals surface area (Å²) >= 11 is 0. The Morgan fingerprint density at radius 1 is 1.00 bits per heavy atom. The molecule has 1 aromatic carbocycles. The molecule has 0 atom stereocenters. The van der Waals surface area contributed by atoms with Crippen LogP contribution in [0.15, 0.2) is 40.3 Å². The second kappa shape index (κ2) is 3.30. The Morgan fingerprint density at radius 3 is 2.33 bits per heavy atom. The molecule has 12 heavy (non-hydrogen) atoms. The third-order valence-corrected chi connectivity index (χ3v) is 1.84. The van der Waals surface area contributed by atoms with E-state index < -0.39 is 0 Å². The van der Waals surface area contributed by atoms with Crippen molar-refractivity contribution in [3.05, 3.63) is 35.9 Å². The zero-order valence-electron chi connectivity index (χ0n) is 6.72. The van der Waals surface area contributed by atoms with Crippen LogP contribution in [0.25, 0.3) is 0 Å². The quantitative estimate of drug-likeness (QED) is 0.626. The van der Waals surface area contributed by atoms with Gasteiger partial charge in [0, 0.05) is 18.9 Å². The van der Waals surface area contributed by atoms with Crippen LogP contribution in [0.5, 0.6) is 0 Å². The summed E-state index contributed by atoms with van der Waals surface area (Å²) in [5, 5.41) is 0. The second-order valence-corrected chi connectivity index (χ2v) is 2.77. The van der Waals surface area contributed by atoms with Gasteiger partial charge >= 0.3 is 0 Å². The van der Waals surface area contributed by atoms with E-state index in [2.05, 4.69) is 22.1 Å². The van der Waals surface area contributed by atoms with Crippen LogP contribution in [-0.4, -0.2) is 18.6 Å². The number of rotatable bonds is 2. The molecule has 1 aliphatic heterocycles. The first-order chi connectivity index (χ1) is 5.95. The lowest BCUT2D eigenvalue weighted by molar-refractivity contribution is 0.726. The first-order valence-corrected chi connectivity index (χ1v) is 4.04. The Balaban J connectivity index is 2.04. The molecule has 0 N–H and O–H groups in total. The molecule has 0 aliphatic carbocycles. The molecule has 0 radical (unpaired) electrons. The van der Waals surface area contributed by atoms with Gasteiger partial charge in [-0.3, -0.25) is 9.98 Å². The number of hydrogen-bond acceptors (Lipinski definition) is 2. The predicted octanol–water partition coefficient (Wildman–Crippen LogP) is 1.71. The predicted molar refractivity (Wildman–Crippen MR) is 50.9 cm³/mol. The monoisotopic (exact) mass is 158 g/mol. The van der Waals surface area contributed by atoms with E-state index in [1.807, 2.05) is 18.2 Å². The minimum Gasteiger partial charge on any atom is -0.265 e. The molecule has 1 aliphatic rings. The molecule has 0 amide bonds. The first-order valence-electron chi connectivity index (χ1n) is 4.04. The van der Waals surface area contributed by atoms with Crippen LogP contribution in [0.3, 0.4) is 0 Å². The Bertz CT molecular complexity index is 289.